The molecule has 3 rings (SSSR count). The first-order valence-electron chi connectivity index (χ1n) is 7.79. The summed E-state index contributed by atoms with van der Waals surface area (Å²) in [5.74, 6) is -1.05. The van der Waals surface area contributed by atoms with Gasteiger partial charge in [-0.05, 0) is 17.9 Å². The second-order valence-corrected chi connectivity index (χ2v) is 9.53. The fourth-order valence-corrected chi connectivity index (χ4v) is 5.40. The Hall–Kier alpha value is -1.09. The van der Waals surface area contributed by atoms with Gasteiger partial charge in [-0.15, -0.1) is 11.8 Å². The number of aliphatic carboxylic acids is 1. The largest absolute Gasteiger partial charge is 0.481 e. The fraction of sp³-hybridized carbons (Fsp3) is 0.562. The summed E-state index contributed by atoms with van der Waals surface area (Å²) < 4.78 is 24.9. The lowest BCUT2D eigenvalue weighted by molar-refractivity contribution is -0.148. The van der Waals surface area contributed by atoms with E-state index in [-0.39, 0.29) is 12.5 Å². The smallest absolute Gasteiger partial charge is 0.312 e. The van der Waals surface area contributed by atoms with Crippen LogP contribution in [0.15, 0.2) is 29.2 Å². The number of carboxylic acid groups (broad SMARTS) is 1. The highest BCUT2D eigenvalue weighted by Gasteiger charge is 2.59. The predicted molar refractivity (Wildman–Crippen MR) is 93.5 cm³/mol. The van der Waals surface area contributed by atoms with E-state index in [1.54, 1.807) is 11.8 Å². The number of likely N-dealkylation sites (tertiary alicyclic amines) is 1. The molecule has 2 aliphatic heterocycles. The maximum absolute atomic E-state index is 11.9. The van der Waals surface area contributed by atoms with E-state index in [1.165, 1.54) is 14.8 Å². The first-order chi connectivity index (χ1) is 11.3. The average molecular weight is 370 g/mol. The Bertz CT molecular complexity index is 752. The average Bonchev–Trinajstić information content (AvgIpc) is 3.02. The second kappa shape index (κ2) is 6.33. The quantitative estimate of drug-likeness (QED) is 0.785. The Kier molecular flexibility index (Phi) is 4.67. The molecule has 0 aromatic heterocycles. The number of carbonyl (C=O) groups is 1. The maximum atomic E-state index is 11.9. The third kappa shape index (κ3) is 3.08. The molecule has 0 aliphatic carbocycles. The summed E-state index contributed by atoms with van der Waals surface area (Å²) in [4.78, 5) is 15.3. The number of thioether (sulfide) groups is 1. The Morgan fingerprint density at radius 3 is 2.62 bits per heavy atom. The van der Waals surface area contributed by atoms with Gasteiger partial charge in [-0.25, -0.2) is 12.7 Å². The molecule has 0 amide bonds. The van der Waals surface area contributed by atoms with Gasteiger partial charge >= 0.3 is 5.97 Å². The van der Waals surface area contributed by atoms with Crippen LogP contribution >= 0.6 is 11.8 Å². The SMILES string of the molecule is CSc1ccccc1CN1C[C@@H]2CN(S(C)(=O)=O)C[C@]2(C(=O)O)C1. The van der Waals surface area contributed by atoms with Crippen molar-refractivity contribution in [1.82, 2.24) is 9.21 Å². The number of rotatable bonds is 5. The number of fused-ring (bicyclic) bond motifs is 1. The Morgan fingerprint density at radius 2 is 2.04 bits per heavy atom. The minimum Gasteiger partial charge on any atom is -0.481 e. The van der Waals surface area contributed by atoms with E-state index in [0.29, 0.717) is 26.2 Å². The summed E-state index contributed by atoms with van der Waals surface area (Å²) in [5, 5.41) is 9.79. The lowest BCUT2D eigenvalue weighted by atomic mass is 9.81. The van der Waals surface area contributed by atoms with E-state index in [9.17, 15) is 18.3 Å². The highest BCUT2D eigenvalue weighted by atomic mass is 32.2. The van der Waals surface area contributed by atoms with Gasteiger partial charge in [-0.2, -0.15) is 0 Å². The Balaban J connectivity index is 1.80. The van der Waals surface area contributed by atoms with Crippen LogP contribution in [0.1, 0.15) is 5.56 Å². The molecule has 0 bridgehead atoms. The molecule has 1 aromatic carbocycles. The monoisotopic (exact) mass is 370 g/mol. The molecule has 2 fully saturated rings. The third-order valence-corrected chi connectivity index (χ3v) is 7.18. The van der Waals surface area contributed by atoms with Gasteiger partial charge in [0.2, 0.25) is 10.0 Å². The summed E-state index contributed by atoms with van der Waals surface area (Å²) in [6.45, 7) is 2.07. The van der Waals surface area contributed by atoms with E-state index < -0.39 is 21.4 Å². The van der Waals surface area contributed by atoms with Crippen molar-refractivity contribution in [3.63, 3.8) is 0 Å². The number of hydrogen-bond donors (Lipinski definition) is 1. The molecule has 0 spiro atoms. The molecule has 8 heteroatoms. The molecule has 2 aliphatic rings. The molecular formula is C16H22N2O4S2. The van der Waals surface area contributed by atoms with E-state index in [2.05, 4.69) is 17.0 Å². The summed E-state index contributed by atoms with van der Waals surface area (Å²) in [6.07, 6.45) is 3.18. The first-order valence-corrected chi connectivity index (χ1v) is 10.9. The van der Waals surface area contributed by atoms with Crippen LogP contribution in [0.4, 0.5) is 0 Å². The van der Waals surface area contributed by atoms with Gasteiger partial charge < -0.3 is 5.11 Å². The van der Waals surface area contributed by atoms with Crippen LogP contribution < -0.4 is 0 Å². The molecule has 132 valence electrons. The summed E-state index contributed by atoms with van der Waals surface area (Å²) in [7, 11) is -3.36. The lowest BCUT2D eigenvalue weighted by Crippen LogP contribution is -2.41. The summed E-state index contributed by atoms with van der Waals surface area (Å²) in [5.41, 5.74) is 0.197. The van der Waals surface area contributed by atoms with Crippen LogP contribution in [-0.2, 0) is 21.4 Å². The standard InChI is InChI=1S/C16H22N2O4S2/c1-23-14-6-4-3-5-12(14)7-17-8-13-9-18(24(2,21)22)11-16(13,10-17)15(19)20/h3-6,13H,7-11H2,1-2H3,(H,19,20)/t13-,16-/m1/s1. The fourth-order valence-electron chi connectivity index (χ4n) is 3.87. The van der Waals surface area contributed by atoms with E-state index in [0.717, 1.165) is 6.26 Å². The molecule has 0 saturated carbocycles. The van der Waals surface area contributed by atoms with Crippen molar-refractivity contribution in [3.05, 3.63) is 29.8 Å². The topological polar surface area (TPSA) is 77.9 Å². The number of benzene rings is 1. The van der Waals surface area contributed by atoms with Gasteiger partial charge in [0, 0.05) is 43.5 Å². The highest BCUT2D eigenvalue weighted by molar-refractivity contribution is 7.98. The van der Waals surface area contributed by atoms with Crippen molar-refractivity contribution in [2.45, 2.75) is 11.4 Å². The van der Waals surface area contributed by atoms with Crippen molar-refractivity contribution >= 4 is 27.8 Å². The second-order valence-electron chi connectivity index (χ2n) is 6.70. The van der Waals surface area contributed by atoms with Crippen molar-refractivity contribution in [3.8, 4) is 0 Å². The highest BCUT2D eigenvalue weighted by Crippen LogP contribution is 2.44. The van der Waals surface area contributed by atoms with Gasteiger partial charge in [0.15, 0.2) is 0 Å². The van der Waals surface area contributed by atoms with Gasteiger partial charge in [0.05, 0.1) is 11.7 Å². The van der Waals surface area contributed by atoms with Crippen LogP contribution in [0.25, 0.3) is 0 Å². The predicted octanol–water partition coefficient (Wildman–Crippen LogP) is 1.19. The number of hydrogen-bond acceptors (Lipinski definition) is 5. The van der Waals surface area contributed by atoms with Gasteiger partial charge in [0.1, 0.15) is 0 Å². The number of nitrogens with zero attached hydrogens (tertiary/aromatic N) is 2. The van der Waals surface area contributed by atoms with Crippen LogP contribution in [-0.4, -0.2) is 67.4 Å². The van der Waals surface area contributed by atoms with Crippen LogP contribution in [0.5, 0.6) is 0 Å². The van der Waals surface area contributed by atoms with Crippen molar-refractivity contribution in [2.24, 2.45) is 11.3 Å². The Labute approximate surface area is 146 Å². The zero-order valence-corrected chi connectivity index (χ0v) is 15.4. The molecule has 0 unspecified atom stereocenters. The number of sulfonamides is 1. The Morgan fingerprint density at radius 1 is 1.33 bits per heavy atom. The van der Waals surface area contributed by atoms with Gasteiger partial charge in [0.25, 0.3) is 0 Å². The van der Waals surface area contributed by atoms with Crippen molar-refractivity contribution in [2.75, 3.05) is 38.7 Å². The van der Waals surface area contributed by atoms with Crippen LogP contribution in [0, 0.1) is 11.3 Å². The minimum absolute atomic E-state index is 0.0759. The van der Waals surface area contributed by atoms with Crippen LogP contribution in [0.2, 0.25) is 0 Å². The van der Waals surface area contributed by atoms with E-state index >= 15 is 0 Å². The third-order valence-electron chi connectivity index (χ3n) is 5.13. The summed E-state index contributed by atoms with van der Waals surface area (Å²) >= 11 is 1.68. The maximum Gasteiger partial charge on any atom is 0.312 e. The first kappa shape index (κ1) is 17.7. The molecule has 6 nitrogen and oxygen atoms in total. The van der Waals surface area contributed by atoms with Gasteiger partial charge in [-0.1, -0.05) is 18.2 Å². The van der Waals surface area contributed by atoms with Gasteiger partial charge in [-0.3, -0.25) is 9.69 Å². The zero-order valence-electron chi connectivity index (χ0n) is 13.8. The lowest BCUT2D eigenvalue weighted by Gasteiger charge is -2.25. The van der Waals surface area contributed by atoms with Crippen LogP contribution in [0.3, 0.4) is 0 Å². The molecule has 0 radical (unpaired) electrons. The summed E-state index contributed by atoms with van der Waals surface area (Å²) in [6, 6.07) is 8.12. The molecule has 1 N–H and O–H groups in total. The normalized spacial score (nSPS) is 28.2. The zero-order chi connectivity index (χ0) is 17.5. The number of carboxylic acids is 1. The van der Waals surface area contributed by atoms with E-state index in [1.807, 2.05) is 18.4 Å². The van der Waals surface area contributed by atoms with Crippen molar-refractivity contribution < 1.29 is 18.3 Å². The minimum atomic E-state index is -3.36. The molecule has 24 heavy (non-hydrogen) atoms. The molecule has 2 saturated heterocycles. The molecule has 2 atom stereocenters. The van der Waals surface area contributed by atoms with Crippen molar-refractivity contribution in [1.29, 1.82) is 0 Å². The van der Waals surface area contributed by atoms with E-state index in [4.69, 9.17) is 0 Å². The molecular weight excluding hydrogens is 348 g/mol. The molecule has 2 heterocycles. The molecule has 1 aromatic rings.